The molecular weight excluding hydrogens is 216 g/mol. The summed E-state index contributed by atoms with van der Waals surface area (Å²) in [4.78, 5) is 16.6. The number of nitrogens with zero attached hydrogens (tertiary/aromatic N) is 2. The molecule has 1 aromatic heterocycles. The number of nitrogens with two attached hydrogens (primary N) is 2. The topological polar surface area (TPSA) is 94.9 Å². The van der Waals surface area contributed by atoms with Gasteiger partial charge in [-0.3, -0.25) is 4.79 Å². The maximum absolute atomic E-state index is 9.22. The third kappa shape index (κ3) is 13.6. The number of benzene rings is 1. The Kier molecular flexibility index (Phi) is 8.66. The van der Waals surface area contributed by atoms with E-state index >= 15 is 0 Å². The van der Waals surface area contributed by atoms with Crippen molar-refractivity contribution in [2.75, 3.05) is 5.73 Å². The molecule has 5 heteroatoms. The number of carbonyl (C=O) groups is 1. The standard InChI is InChI=1S/C6H7N.C4H4N2.C2H5NO/c7-6-4-2-1-3-5-6;1-2-5-4-6-3-1;1-2(3)4/h1-5H,7H2;1-4H;1H3,(H2,3,4). The molecule has 4 N–H and O–H groups in total. The molecule has 0 bridgehead atoms. The quantitative estimate of drug-likeness (QED) is 0.668. The summed E-state index contributed by atoms with van der Waals surface area (Å²) in [7, 11) is 0. The maximum atomic E-state index is 9.22. The minimum Gasteiger partial charge on any atom is -0.399 e. The van der Waals surface area contributed by atoms with Gasteiger partial charge in [-0.1, -0.05) is 18.2 Å². The van der Waals surface area contributed by atoms with Crippen molar-refractivity contribution in [3.8, 4) is 0 Å². The Balaban J connectivity index is 0.000000236. The number of hydrogen-bond acceptors (Lipinski definition) is 4. The Morgan fingerprint density at radius 2 is 1.53 bits per heavy atom. The predicted molar refractivity (Wildman–Crippen MR) is 67.8 cm³/mol. The van der Waals surface area contributed by atoms with Gasteiger partial charge in [0.15, 0.2) is 0 Å². The summed E-state index contributed by atoms with van der Waals surface area (Å²) >= 11 is 0. The highest BCUT2D eigenvalue weighted by Gasteiger charge is 1.72. The SMILES string of the molecule is CC(N)=O.Nc1ccccc1.c1cncnc1. The van der Waals surface area contributed by atoms with Crippen LogP contribution in [0.2, 0.25) is 0 Å². The molecule has 5 nitrogen and oxygen atoms in total. The fourth-order valence-corrected chi connectivity index (χ4v) is 0.706. The summed E-state index contributed by atoms with van der Waals surface area (Å²) < 4.78 is 0. The van der Waals surface area contributed by atoms with E-state index in [1.54, 1.807) is 18.5 Å². The molecule has 0 aliphatic rings. The van der Waals surface area contributed by atoms with Gasteiger partial charge in [-0.2, -0.15) is 0 Å². The normalized spacial score (nSPS) is 7.82. The first-order chi connectivity index (χ1) is 8.13. The molecule has 2 rings (SSSR count). The zero-order valence-electron chi connectivity index (χ0n) is 9.65. The summed E-state index contributed by atoms with van der Waals surface area (Å²) in [5.41, 5.74) is 10.7. The Morgan fingerprint density at radius 1 is 1.06 bits per heavy atom. The van der Waals surface area contributed by atoms with Crippen LogP contribution in [0.15, 0.2) is 55.1 Å². The van der Waals surface area contributed by atoms with E-state index in [0.717, 1.165) is 5.69 Å². The van der Waals surface area contributed by atoms with Crippen molar-refractivity contribution >= 4 is 11.6 Å². The third-order valence-corrected chi connectivity index (χ3v) is 1.28. The number of rotatable bonds is 0. The number of hydrogen-bond donors (Lipinski definition) is 2. The Bertz CT molecular complexity index is 361. The van der Waals surface area contributed by atoms with Gasteiger partial charge in [0.05, 0.1) is 0 Å². The Morgan fingerprint density at radius 3 is 1.71 bits per heavy atom. The van der Waals surface area contributed by atoms with Crippen LogP contribution in [-0.4, -0.2) is 15.9 Å². The first-order valence-electron chi connectivity index (χ1n) is 4.89. The summed E-state index contributed by atoms with van der Waals surface area (Å²) in [6.45, 7) is 1.31. The average molecular weight is 232 g/mol. The van der Waals surface area contributed by atoms with Crippen molar-refractivity contribution in [1.82, 2.24) is 9.97 Å². The molecule has 1 amide bonds. The number of aromatic nitrogens is 2. The van der Waals surface area contributed by atoms with Crippen LogP contribution in [0.5, 0.6) is 0 Å². The van der Waals surface area contributed by atoms with Gasteiger partial charge in [-0.05, 0) is 18.2 Å². The lowest BCUT2D eigenvalue weighted by molar-refractivity contribution is -0.115. The minimum absolute atomic E-state index is 0.333. The molecule has 0 aliphatic heterocycles. The predicted octanol–water partition coefficient (Wildman–Crippen LogP) is 1.24. The maximum Gasteiger partial charge on any atom is 0.214 e. The van der Waals surface area contributed by atoms with Crippen molar-refractivity contribution in [2.24, 2.45) is 5.73 Å². The van der Waals surface area contributed by atoms with Crippen LogP contribution in [0.1, 0.15) is 6.92 Å². The van der Waals surface area contributed by atoms with Crippen molar-refractivity contribution in [2.45, 2.75) is 6.92 Å². The molecule has 90 valence electrons. The molecule has 0 atom stereocenters. The van der Waals surface area contributed by atoms with Crippen molar-refractivity contribution in [3.05, 3.63) is 55.1 Å². The number of amides is 1. The number of para-hydroxylation sites is 1. The summed E-state index contributed by atoms with van der Waals surface area (Å²) in [5.74, 6) is -0.333. The van der Waals surface area contributed by atoms with Crippen LogP contribution in [0.25, 0.3) is 0 Å². The second-order valence-electron chi connectivity index (χ2n) is 2.93. The lowest BCUT2D eigenvalue weighted by Gasteiger charge is -1.83. The molecule has 17 heavy (non-hydrogen) atoms. The molecule has 1 aromatic carbocycles. The molecule has 2 aromatic rings. The fourth-order valence-electron chi connectivity index (χ4n) is 0.706. The van der Waals surface area contributed by atoms with Crippen LogP contribution in [-0.2, 0) is 4.79 Å². The second-order valence-corrected chi connectivity index (χ2v) is 2.93. The van der Waals surface area contributed by atoms with E-state index in [-0.39, 0.29) is 5.91 Å². The van der Waals surface area contributed by atoms with Gasteiger partial charge in [-0.15, -0.1) is 0 Å². The highest BCUT2D eigenvalue weighted by molar-refractivity contribution is 5.70. The molecule has 0 fully saturated rings. The fraction of sp³-hybridized carbons (Fsp3) is 0.0833. The van der Waals surface area contributed by atoms with Crippen molar-refractivity contribution in [3.63, 3.8) is 0 Å². The monoisotopic (exact) mass is 232 g/mol. The van der Waals surface area contributed by atoms with Gasteiger partial charge < -0.3 is 11.5 Å². The van der Waals surface area contributed by atoms with E-state index < -0.39 is 0 Å². The number of primary amides is 1. The Hall–Kier alpha value is -2.43. The minimum atomic E-state index is -0.333. The van der Waals surface area contributed by atoms with Crippen LogP contribution >= 0.6 is 0 Å². The second kappa shape index (κ2) is 10.1. The zero-order chi connectivity index (χ0) is 12.9. The molecular formula is C12H16N4O. The highest BCUT2D eigenvalue weighted by atomic mass is 16.1. The van der Waals surface area contributed by atoms with Gasteiger partial charge in [0.1, 0.15) is 6.33 Å². The van der Waals surface area contributed by atoms with Gasteiger partial charge in [-0.25, -0.2) is 9.97 Å². The molecule has 0 radical (unpaired) electrons. The van der Waals surface area contributed by atoms with Crippen LogP contribution in [0.3, 0.4) is 0 Å². The number of nitrogen functional groups attached to an aromatic ring is 1. The lowest BCUT2D eigenvalue weighted by atomic mass is 10.3. The van der Waals surface area contributed by atoms with Gasteiger partial charge >= 0.3 is 0 Å². The Labute approximate surface area is 101 Å². The lowest BCUT2D eigenvalue weighted by Crippen LogP contribution is -2.01. The van der Waals surface area contributed by atoms with Crippen LogP contribution in [0, 0.1) is 0 Å². The molecule has 0 spiro atoms. The van der Waals surface area contributed by atoms with Gasteiger partial charge in [0, 0.05) is 25.0 Å². The van der Waals surface area contributed by atoms with E-state index in [9.17, 15) is 4.79 Å². The van der Waals surface area contributed by atoms with Gasteiger partial charge in [0.2, 0.25) is 5.91 Å². The van der Waals surface area contributed by atoms with Gasteiger partial charge in [0.25, 0.3) is 0 Å². The average Bonchev–Trinajstić information content (AvgIpc) is 2.32. The van der Waals surface area contributed by atoms with E-state index in [1.807, 2.05) is 30.3 Å². The summed E-state index contributed by atoms with van der Waals surface area (Å²) in [6, 6.07) is 11.3. The molecule has 0 aliphatic carbocycles. The first kappa shape index (κ1) is 14.6. The summed E-state index contributed by atoms with van der Waals surface area (Å²) in [5, 5.41) is 0. The first-order valence-corrected chi connectivity index (χ1v) is 4.89. The van der Waals surface area contributed by atoms with E-state index in [1.165, 1.54) is 13.3 Å². The molecule has 0 saturated carbocycles. The summed E-state index contributed by atoms with van der Waals surface area (Å²) in [6.07, 6.45) is 4.88. The number of anilines is 1. The number of carbonyl (C=O) groups excluding carboxylic acids is 1. The highest BCUT2D eigenvalue weighted by Crippen LogP contribution is 1.95. The molecule has 1 heterocycles. The van der Waals surface area contributed by atoms with Crippen molar-refractivity contribution < 1.29 is 4.79 Å². The van der Waals surface area contributed by atoms with E-state index in [0.29, 0.717) is 0 Å². The van der Waals surface area contributed by atoms with Crippen molar-refractivity contribution in [1.29, 1.82) is 0 Å². The third-order valence-electron chi connectivity index (χ3n) is 1.28. The van der Waals surface area contributed by atoms with E-state index in [2.05, 4.69) is 15.7 Å². The van der Waals surface area contributed by atoms with Crippen LogP contribution < -0.4 is 11.5 Å². The van der Waals surface area contributed by atoms with Crippen LogP contribution in [0.4, 0.5) is 5.69 Å². The zero-order valence-corrected chi connectivity index (χ0v) is 9.65. The van der Waals surface area contributed by atoms with E-state index in [4.69, 9.17) is 5.73 Å². The smallest absolute Gasteiger partial charge is 0.214 e. The molecule has 0 saturated heterocycles. The molecule has 0 unspecified atom stereocenters. The largest absolute Gasteiger partial charge is 0.399 e.